The Bertz CT molecular complexity index is 2620. The van der Waals surface area contributed by atoms with Gasteiger partial charge in [0.15, 0.2) is 17.1 Å². The molecule has 3 aromatic carbocycles. The van der Waals surface area contributed by atoms with E-state index in [2.05, 4.69) is 37.3 Å². The molecule has 15 heteroatoms. The van der Waals surface area contributed by atoms with Gasteiger partial charge in [-0.15, -0.1) is 0 Å². The molecule has 69 heavy (non-hydrogen) atoms. The van der Waals surface area contributed by atoms with Crippen LogP contribution in [0, 0.1) is 11.8 Å². The zero-order chi connectivity index (χ0) is 47.8. The van der Waals surface area contributed by atoms with Crippen molar-refractivity contribution in [2.75, 3.05) is 39.3 Å². The van der Waals surface area contributed by atoms with Gasteiger partial charge in [0.2, 0.25) is 11.5 Å². The molecule has 6 heterocycles. The van der Waals surface area contributed by atoms with Crippen molar-refractivity contribution in [2.24, 2.45) is 11.8 Å². The van der Waals surface area contributed by atoms with Gasteiger partial charge in [-0.1, -0.05) is 82.4 Å². The largest absolute Gasteiger partial charge is 0.508 e. The Morgan fingerprint density at radius 1 is 0.913 bits per heavy atom. The first-order valence-electron chi connectivity index (χ1n) is 25.0. The number of methoxy groups -OCH3 is 1. The van der Waals surface area contributed by atoms with E-state index in [1.165, 1.54) is 24.7 Å². The minimum Gasteiger partial charge on any atom is -0.508 e. The minimum atomic E-state index is -1.52. The minimum absolute atomic E-state index is 0.00230. The van der Waals surface area contributed by atoms with Crippen LogP contribution in [0.5, 0.6) is 40.2 Å². The number of hydrogen-bond acceptors (Lipinski definition) is 14. The summed E-state index contributed by atoms with van der Waals surface area (Å²) < 4.78 is 25.8. The van der Waals surface area contributed by atoms with Gasteiger partial charge in [-0.3, -0.25) is 0 Å². The third-order valence-electron chi connectivity index (χ3n) is 16.7. The summed E-state index contributed by atoms with van der Waals surface area (Å²) in [4.78, 5) is 3.40. The van der Waals surface area contributed by atoms with Crippen LogP contribution in [0.3, 0.4) is 0 Å². The monoisotopic (exact) mass is 1020 g/mol. The summed E-state index contributed by atoms with van der Waals surface area (Å²) in [5.74, 6) is 0.916. The number of ether oxygens (including phenoxy) is 4. The number of hydrogen-bond donors (Lipinski definition) is 7. The molecule has 7 N–H and O–H groups in total. The first-order chi connectivity index (χ1) is 33.5. The Morgan fingerprint density at radius 2 is 1.74 bits per heavy atom. The molecule has 4 aliphatic carbocycles. The lowest BCUT2D eigenvalue weighted by Gasteiger charge is -2.55. The summed E-state index contributed by atoms with van der Waals surface area (Å²) >= 11 is 0. The highest BCUT2D eigenvalue weighted by molar-refractivity contribution is 8.77. The number of phenols is 3. The molecule has 3 fully saturated rings. The Balaban J connectivity index is 1.20. The number of aromatic hydroxyl groups is 3. The predicted molar refractivity (Wildman–Crippen MR) is 277 cm³/mol. The summed E-state index contributed by atoms with van der Waals surface area (Å²) in [7, 11) is 9.15. The van der Waals surface area contributed by atoms with Crippen molar-refractivity contribution in [1.29, 1.82) is 0 Å². The summed E-state index contributed by atoms with van der Waals surface area (Å²) in [6, 6.07) is 11.3. The van der Waals surface area contributed by atoms with E-state index >= 15 is 0 Å². The fourth-order valence-corrected chi connectivity index (χ4v) is 21.3. The van der Waals surface area contributed by atoms with Crippen LogP contribution < -0.4 is 18.9 Å². The van der Waals surface area contributed by atoms with E-state index < -0.39 is 23.0 Å². The second-order valence-corrected chi connectivity index (χ2v) is 26.3. The van der Waals surface area contributed by atoms with Crippen LogP contribution in [0.4, 0.5) is 0 Å². The maximum absolute atomic E-state index is 13.6. The number of phenolic OH excluding ortho intramolecular Hbond substituents is 3. The molecule has 0 radical (unpaired) electrons. The number of rotatable bonds is 11. The zero-order valence-electron chi connectivity index (χ0n) is 39.6. The average molecular weight is 1020 g/mol. The number of nitrogens with one attached hydrogen (secondary N) is 1. The molecular formula is C54H65NO10S4. The van der Waals surface area contributed by atoms with Gasteiger partial charge in [0.1, 0.15) is 30.0 Å². The van der Waals surface area contributed by atoms with Crippen LogP contribution in [0.15, 0.2) is 54.4 Å². The normalized spacial score (nSPS) is 29.8. The Kier molecular flexibility index (Phi) is 13.1. The molecule has 8 unspecified atom stereocenters. The van der Waals surface area contributed by atoms with E-state index in [1.807, 2.05) is 61.4 Å². The molecule has 8 atom stereocenters. The molecule has 1 saturated heterocycles. The average Bonchev–Trinajstić information content (AvgIpc) is 3.89. The van der Waals surface area contributed by atoms with Gasteiger partial charge in [0.05, 0.1) is 26.9 Å². The lowest BCUT2D eigenvalue weighted by Crippen LogP contribution is -2.57. The third-order valence-corrected chi connectivity index (χ3v) is 23.4. The molecular weight excluding hydrogens is 951 g/mol. The number of aliphatic hydroxyl groups excluding tert-OH is 3. The molecule has 8 bridgehead atoms. The Hall–Kier alpha value is -3.44. The van der Waals surface area contributed by atoms with Crippen molar-refractivity contribution < 1.29 is 49.6 Å². The highest BCUT2D eigenvalue weighted by atomic mass is 33.1. The van der Waals surface area contributed by atoms with Gasteiger partial charge in [0, 0.05) is 67.5 Å². The van der Waals surface area contributed by atoms with Crippen molar-refractivity contribution in [1.82, 2.24) is 4.98 Å². The Labute approximate surface area is 420 Å². The van der Waals surface area contributed by atoms with Crippen molar-refractivity contribution >= 4 is 48.7 Å². The fourth-order valence-electron chi connectivity index (χ4n) is 13.5. The number of benzene rings is 3. The molecule has 2 saturated carbocycles. The van der Waals surface area contributed by atoms with E-state index in [0.29, 0.717) is 48.5 Å². The fraction of sp³-hybridized carbons (Fsp3) is 0.556. The van der Waals surface area contributed by atoms with E-state index in [-0.39, 0.29) is 75.3 Å². The summed E-state index contributed by atoms with van der Waals surface area (Å²) in [6.07, 6.45) is 14.1. The Morgan fingerprint density at radius 3 is 2.49 bits per heavy atom. The maximum atomic E-state index is 13.6. The van der Waals surface area contributed by atoms with Crippen LogP contribution >= 0.6 is 43.2 Å². The molecule has 370 valence electrons. The van der Waals surface area contributed by atoms with E-state index in [9.17, 15) is 30.6 Å². The van der Waals surface area contributed by atoms with Gasteiger partial charge in [-0.2, -0.15) is 0 Å². The molecule has 5 aliphatic heterocycles. The standard InChI is InChI=1S/C54H65NO10S4/c1-29(2)13-19-63-40-24-37(48(59)50(62-3)49(40)60)54-16-11-41-45(51(54)61)44-39(65-54)25-38(64-20-18-56)43-33-9-8-32(58)23-35(33)36-10-7-30-21-34(31-12-17-55-26-31)46(42(22-30)68-67-41)53(14-5-4-6-15-53)69-66-28-52(36,27-57)47(43)44/h8-9,12,17,23-26,29-30,36,41-42,45,51,55-61H,4-7,10-11,13-16,18-22,27-28H2,1-3H3. The topological polar surface area (TPSA) is 174 Å². The number of H-pyrrole nitrogens is 1. The highest BCUT2D eigenvalue weighted by Crippen LogP contribution is 2.70. The molecule has 1 spiro atoms. The molecule has 4 aromatic rings. The first kappa shape index (κ1) is 47.9. The molecule has 9 aliphatic rings. The van der Waals surface area contributed by atoms with Crippen molar-refractivity contribution in [3.63, 3.8) is 0 Å². The predicted octanol–water partition coefficient (Wildman–Crippen LogP) is 11.3. The van der Waals surface area contributed by atoms with Crippen LogP contribution in [0.2, 0.25) is 0 Å². The number of aromatic amines is 1. The SMILES string of the molecule is COc1c(O)c(OCCC(C)C)cc(C23CCC4SSC5CC6CCC7c8cc(O)ccc8-c8c(OCCO)cc(c(c8C7(CO)CSSC7(CCCCC7)C5=C(c5cc[nH]c5)C6)C4C2O)O3)c1O. The molecule has 1 aromatic heterocycles. The zero-order valence-corrected chi connectivity index (χ0v) is 42.9. The van der Waals surface area contributed by atoms with Crippen LogP contribution in [0.1, 0.15) is 131 Å². The third kappa shape index (κ3) is 7.75. The lowest BCUT2D eigenvalue weighted by molar-refractivity contribution is -0.112. The van der Waals surface area contributed by atoms with Gasteiger partial charge < -0.3 is 54.6 Å². The van der Waals surface area contributed by atoms with Gasteiger partial charge >= 0.3 is 0 Å². The van der Waals surface area contributed by atoms with Crippen molar-refractivity contribution in [3.8, 4) is 51.4 Å². The number of fused-ring (bicyclic) bond motifs is 5. The summed E-state index contributed by atoms with van der Waals surface area (Å²) in [6.45, 7) is 4.09. The molecule has 13 rings (SSSR count). The highest BCUT2D eigenvalue weighted by Gasteiger charge is 2.62. The van der Waals surface area contributed by atoms with Crippen molar-refractivity contribution in [2.45, 2.75) is 135 Å². The second kappa shape index (κ2) is 18.9. The van der Waals surface area contributed by atoms with Gasteiger partial charge in [-0.25, -0.2) is 0 Å². The first-order valence-corrected chi connectivity index (χ1v) is 29.6. The second-order valence-electron chi connectivity index (χ2n) is 20.9. The van der Waals surface area contributed by atoms with Crippen LogP contribution in [-0.2, 0) is 11.0 Å². The quantitative estimate of drug-likeness (QED) is 0.0707. The van der Waals surface area contributed by atoms with Crippen LogP contribution in [-0.4, -0.2) is 96.3 Å². The lowest BCUT2D eigenvalue weighted by atomic mass is 9.56. The number of aromatic nitrogens is 1. The number of allylic oxidation sites excluding steroid dienone is 1. The van der Waals surface area contributed by atoms with Gasteiger partial charge in [-0.05, 0) is 133 Å². The number of aliphatic hydroxyl groups is 3. The van der Waals surface area contributed by atoms with E-state index in [0.717, 1.165) is 85.6 Å². The van der Waals surface area contributed by atoms with Crippen molar-refractivity contribution in [3.05, 3.63) is 82.2 Å². The van der Waals surface area contributed by atoms with E-state index in [4.69, 9.17) is 18.9 Å². The summed E-state index contributed by atoms with van der Waals surface area (Å²) in [5.41, 5.74) is 6.52. The van der Waals surface area contributed by atoms with Crippen LogP contribution in [0.25, 0.3) is 16.7 Å². The van der Waals surface area contributed by atoms with Gasteiger partial charge in [0.25, 0.3) is 0 Å². The molecule has 0 amide bonds. The van der Waals surface area contributed by atoms with E-state index in [1.54, 1.807) is 17.7 Å². The smallest absolute Gasteiger partial charge is 0.207 e. The maximum Gasteiger partial charge on any atom is 0.207 e. The molecule has 11 nitrogen and oxygen atoms in total. The summed E-state index contributed by atoms with van der Waals surface area (Å²) in [5, 5.41) is 71.7.